The van der Waals surface area contributed by atoms with Crippen molar-refractivity contribution >= 4 is 22.7 Å². The highest BCUT2D eigenvalue weighted by Crippen LogP contribution is 2.29. The number of nitrogens with zero attached hydrogens (tertiary/aromatic N) is 3. The first-order valence-corrected chi connectivity index (χ1v) is 8.92. The van der Waals surface area contributed by atoms with Crippen LogP contribution in [0.4, 0.5) is 24.9 Å². The maximum absolute atomic E-state index is 12.7. The van der Waals surface area contributed by atoms with Gasteiger partial charge in [0.05, 0.1) is 11.1 Å². The fourth-order valence-corrected chi connectivity index (χ4v) is 3.26. The lowest BCUT2D eigenvalue weighted by atomic mass is 10.1. The average Bonchev–Trinajstić information content (AvgIpc) is 3.20. The van der Waals surface area contributed by atoms with Crippen molar-refractivity contribution in [2.75, 3.05) is 23.3 Å². The van der Waals surface area contributed by atoms with E-state index >= 15 is 0 Å². The van der Waals surface area contributed by atoms with Gasteiger partial charge in [0.15, 0.2) is 0 Å². The molecule has 4 nitrogen and oxygen atoms in total. The van der Waals surface area contributed by atoms with E-state index in [-0.39, 0.29) is 0 Å². The number of aromatic nitrogens is 2. The second kappa shape index (κ2) is 7.06. The molecule has 1 saturated heterocycles. The van der Waals surface area contributed by atoms with E-state index in [9.17, 15) is 13.2 Å². The van der Waals surface area contributed by atoms with Crippen LogP contribution < -0.4 is 10.2 Å². The van der Waals surface area contributed by atoms with Crippen LogP contribution in [0, 0.1) is 0 Å². The Bertz CT molecular complexity index is 932. The van der Waals surface area contributed by atoms with Crippen LogP contribution in [0.15, 0.2) is 48.5 Å². The molecule has 0 unspecified atom stereocenters. The number of alkyl halides is 3. The first kappa shape index (κ1) is 17.6. The van der Waals surface area contributed by atoms with Crippen LogP contribution in [0.25, 0.3) is 10.9 Å². The molecule has 1 fully saturated rings. The van der Waals surface area contributed by atoms with Gasteiger partial charge in [-0.25, -0.2) is 4.98 Å². The number of hydrogen-bond donors (Lipinski definition) is 1. The normalized spacial score (nSPS) is 14.7. The highest BCUT2D eigenvalue weighted by Gasteiger charge is 2.29. The maximum atomic E-state index is 12.7. The first-order valence-electron chi connectivity index (χ1n) is 8.92. The minimum absolute atomic E-state index is 0.387. The van der Waals surface area contributed by atoms with Crippen LogP contribution in [-0.4, -0.2) is 23.1 Å². The van der Waals surface area contributed by atoms with E-state index in [1.165, 1.54) is 12.1 Å². The zero-order valence-corrected chi connectivity index (χ0v) is 14.6. The molecule has 3 aromatic rings. The number of halogens is 3. The minimum Gasteiger partial charge on any atom is -0.365 e. The molecular weight excluding hydrogens is 353 g/mol. The van der Waals surface area contributed by atoms with Crippen LogP contribution in [0.5, 0.6) is 0 Å². The second-order valence-electron chi connectivity index (χ2n) is 6.63. The topological polar surface area (TPSA) is 41.1 Å². The van der Waals surface area contributed by atoms with Crippen LogP contribution in [0.2, 0.25) is 0 Å². The van der Waals surface area contributed by atoms with Gasteiger partial charge in [0.1, 0.15) is 5.82 Å². The molecule has 0 spiro atoms. The predicted molar refractivity (Wildman–Crippen MR) is 99.8 cm³/mol. The van der Waals surface area contributed by atoms with E-state index in [0.29, 0.717) is 18.3 Å². The van der Waals surface area contributed by atoms with E-state index < -0.39 is 11.7 Å². The van der Waals surface area contributed by atoms with Gasteiger partial charge in [0.2, 0.25) is 5.95 Å². The van der Waals surface area contributed by atoms with Crippen molar-refractivity contribution in [1.29, 1.82) is 0 Å². The summed E-state index contributed by atoms with van der Waals surface area (Å²) >= 11 is 0. The summed E-state index contributed by atoms with van der Waals surface area (Å²) < 4.78 is 38.1. The summed E-state index contributed by atoms with van der Waals surface area (Å²) in [5.74, 6) is 1.39. The van der Waals surface area contributed by atoms with E-state index in [0.717, 1.165) is 54.5 Å². The molecule has 2 aromatic carbocycles. The van der Waals surface area contributed by atoms with Gasteiger partial charge >= 0.3 is 6.18 Å². The first-order chi connectivity index (χ1) is 13.0. The zero-order valence-electron chi connectivity index (χ0n) is 14.6. The third kappa shape index (κ3) is 3.82. The van der Waals surface area contributed by atoms with E-state index in [1.54, 1.807) is 0 Å². The smallest absolute Gasteiger partial charge is 0.365 e. The van der Waals surface area contributed by atoms with Gasteiger partial charge in [0, 0.05) is 25.0 Å². The van der Waals surface area contributed by atoms with Crippen LogP contribution >= 0.6 is 0 Å². The number of rotatable bonds is 4. The molecule has 7 heteroatoms. The quantitative estimate of drug-likeness (QED) is 0.710. The summed E-state index contributed by atoms with van der Waals surface area (Å²) in [5, 5.41) is 4.16. The van der Waals surface area contributed by atoms with Gasteiger partial charge in [-0.15, -0.1) is 0 Å². The third-order valence-corrected chi connectivity index (χ3v) is 4.72. The lowest BCUT2D eigenvalue weighted by Crippen LogP contribution is -2.21. The van der Waals surface area contributed by atoms with Crippen LogP contribution in [0.3, 0.4) is 0 Å². The van der Waals surface area contributed by atoms with Crippen molar-refractivity contribution in [2.45, 2.75) is 25.6 Å². The monoisotopic (exact) mass is 372 g/mol. The lowest BCUT2D eigenvalue weighted by molar-refractivity contribution is -0.137. The van der Waals surface area contributed by atoms with Crippen molar-refractivity contribution in [3.63, 3.8) is 0 Å². The van der Waals surface area contributed by atoms with Crippen molar-refractivity contribution in [3.8, 4) is 0 Å². The number of fused-ring (bicyclic) bond motifs is 1. The Labute approximate surface area is 155 Å². The fraction of sp³-hybridized carbons (Fsp3) is 0.300. The Kier molecular flexibility index (Phi) is 4.59. The molecule has 1 aromatic heterocycles. The Balaban J connectivity index is 1.59. The maximum Gasteiger partial charge on any atom is 0.416 e. The summed E-state index contributed by atoms with van der Waals surface area (Å²) in [6.07, 6.45) is -2.06. The largest absolute Gasteiger partial charge is 0.416 e. The summed E-state index contributed by atoms with van der Waals surface area (Å²) in [7, 11) is 0. The van der Waals surface area contributed by atoms with Gasteiger partial charge in [-0.1, -0.05) is 24.3 Å². The number of anilines is 2. The number of benzene rings is 2. The summed E-state index contributed by atoms with van der Waals surface area (Å²) in [5.41, 5.74) is 0.966. The zero-order chi connectivity index (χ0) is 18.9. The molecule has 1 aliphatic rings. The summed E-state index contributed by atoms with van der Waals surface area (Å²) in [6, 6.07) is 12.9. The SMILES string of the molecule is FC(F)(F)c1ccc(CNc2nc(N3CCCC3)nc3ccccc23)cc1. The molecule has 140 valence electrons. The predicted octanol–water partition coefficient (Wildman–Crippen LogP) is 4.86. The molecule has 0 radical (unpaired) electrons. The average molecular weight is 372 g/mol. The molecule has 0 atom stereocenters. The molecule has 2 heterocycles. The van der Waals surface area contributed by atoms with Crippen molar-refractivity contribution in [3.05, 3.63) is 59.7 Å². The molecule has 0 bridgehead atoms. The minimum atomic E-state index is -4.32. The second-order valence-corrected chi connectivity index (χ2v) is 6.63. The Morgan fingerprint density at radius 2 is 1.63 bits per heavy atom. The lowest BCUT2D eigenvalue weighted by Gasteiger charge is -2.18. The van der Waals surface area contributed by atoms with Gasteiger partial charge in [-0.3, -0.25) is 0 Å². The summed E-state index contributed by atoms with van der Waals surface area (Å²) in [4.78, 5) is 11.5. The highest BCUT2D eigenvalue weighted by molar-refractivity contribution is 5.90. The molecule has 1 N–H and O–H groups in total. The number of para-hydroxylation sites is 1. The van der Waals surface area contributed by atoms with Gasteiger partial charge in [-0.2, -0.15) is 18.2 Å². The molecular formula is C20H19F3N4. The third-order valence-electron chi connectivity index (χ3n) is 4.72. The van der Waals surface area contributed by atoms with E-state index in [4.69, 9.17) is 0 Å². The molecule has 0 amide bonds. The molecule has 0 saturated carbocycles. The number of hydrogen-bond acceptors (Lipinski definition) is 4. The van der Waals surface area contributed by atoms with E-state index in [2.05, 4.69) is 20.2 Å². The fourth-order valence-electron chi connectivity index (χ4n) is 3.26. The molecule has 0 aliphatic carbocycles. The highest BCUT2D eigenvalue weighted by atomic mass is 19.4. The van der Waals surface area contributed by atoms with Crippen LogP contribution in [-0.2, 0) is 12.7 Å². The van der Waals surface area contributed by atoms with Gasteiger partial charge < -0.3 is 10.2 Å². The Hall–Kier alpha value is -2.83. The molecule has 1 aliphatic heterocycles. The van der Waals surface area contributed by atoms with E-state index in [1.807, 2.05) is 24.3 Å². The van der Waals surface area contributed by atoms with Crippen molar-refractivity contribution in [1.82, 2.24) is 9.97 Å². The molecule has 4 rings (SSSR count). The Morgan fingerprint density at radius 3 is 2.33 bits per heavy atom. The number of nitrogens with one attached hydrogen (secondary N) is 1. The standard InChI is InChI=1S/C20H19F3N4/c21-20(22,23)15-9-7-14(8-10-15)13-24-18-16-5-1-2-6-17(16)25-19(26-18)27-11-3-4-12-27/h1-2,5-10H,3-4,11-13H2,(H,24,25,26). The van der Waals surface area contributed by atoms with Gasteiger partial charge in [0.25, 0.3) is 0 Å². The van der Waals surface area contributed by atoms with Crippen molar-refractivity contribution < 1.29 is 13.2 Å². The molecule has 27 heavy (non-hydrogen) atoms. The van der Waals surface area contributed by atoms with Crippen LogP contribution in [0.1, 0.15) is 24.0 Å². The van der Waals surface area contributed by atoms with Gasteiger partial charge in [-0.05, 0) is 42.7 Å². The summed E-state index contributed by atoms with van der Waals surface area (Å²) in [6.45, 7) is 2.27. The Morgan fingerprint density at radius 1 is 0.926 bits per heavy atom. The van der Waals surface area contributed by atoms with Crippen molar-refractivity contribution in [2.24, 2.45) is 0 Å².